The molecular weight excluding hydrogens is 201 g/mol. The second kappa shape index (κ2) is 4.02. The van der Waals surface area contributed by atoms with Gasteiger partial charge in [0.25, 0.3) is 0 Å². The highest BCUT2D eigenvalue weighted by Crippen LogP contribution is 2.27. The zero-order chi connectivity index (χ0) is 10.0. The summed E-state index contributed by atoms with van der Waals surface area (Å²) in [5, 5.41) is 8.55. The molecule has 0 aliphatic heterocycles. The van der Waals surface area contributed by atoms with Gasteiger partial charge in [-0.05, 0) is 12.3 Å². The average Bonchev–Trinajstić information content (AvgIpc) is 2.12. The summed E-state index contributed by atoms with van der Waals surface area (Å²) in [6.45, 7) is -0.714. The van der Waals surface area contributed by atoms with Crippen molar-refractivity contribution in [3.63, 3.8) is 0 Å². The van der Waals surface area contributed by atoms with Crippen LogP contribution in [0.1, 0.15) is 5.56 Å². The Morgan fingerprint density at radius 2 is 1.92 bits per heavy atom. The van der Waals surface area contributed by atoms with Gasteiger partial charge in [-0.25, -0.2) is 13.2 Å². The molecule has 1 aromatic rings. The molecule has 1 aromatic carbocycles. The molecule has 0 aromatic heterocycles. The molecule has 0 aliphatic rings. The Kier molecular flexibility index (Phi) is 3.22. The summed E-state index contributed by atoms with van der Waals surface area (Å²) in [5.74, 6) is -3.28. The van der Waals surface area contributed by atoms with E-state index in [1.807, 2.05) is 0 Å². The number of aliphatic hydroxyl groups excluding tert-OH is 1. The molecule has 1 nitrogen and oxygen atoms in total. The summed E-state index contributed by atoms with van der Waals surface area (Å²) in [4.78, 5) is -0.366. The summed E-state index contributed by atoms with van der Waals surface area (Å²) < 4.78 is 38.8. The van der Waals surface area contributed by atoms with Gasteiger partial charge in [0.15, 0.2) is 11.6 Å². The third-order valence-electron chi connectivity index (χ3n) is 1.57. The van der Waals surface area contributed by atoms with Crippen LogP contribution in [0.5, 0.6) is 0 Å². The van der Waals surface area contributed by atoms with Crippen LogP contribution in [0.15, 0.2) is 11.0 Å². The van der Waals surface area contributed by atoms with E-state index < -0.39 is 24.1 Å². The van der Waals surface area contributed by atoms with Gasteiger partial charge in [-0.1, -0.05) is 0 Å². The van der Waals surface area contributed by atoms with E-state index in [-0.39, 0.29) is 10.5 Å². The van der Waals surface area contributed by atoms with Crippen LogP contribution in [0.4, 0.5) is 13.2 Å². The van der Waals surface area contributed by atoms with E-state index in [0.717, 1.165) is 17.8 Å². The van der Waals surface area contributed by atoms with Crippen molar-refractivity contribution in [2.75, 3.05) is 6.26 Å². The quantitative estimate of drug-likeness (QED) is 0.594. The van der Waals surface area contributed by atoms with Crippen molar-refractivity contribution in [1.82, 2.24) is 0 Å². The smallest absolute Gasteiger partial charge is 0.175 e. The van der Waals surface area contributed by atoms with Crippen LogP contribution in [0.25, 0.3) is 0 Å². The highest BCUT2D eigenvalue weighted by atomic mass is 32.2. The van der Waals surface area contributed by atoms with Crippen molar-refractivity contribution >= 4 is 11.8 Å². The molecular formula is C8H7F3OS. The van der Waals surface area contributed by atoms with Gasteiger partial charge in [0, 0.05) is 5.56 Å². The molecule has 0 saturated heterocycles. The van der Waals surface area contributed by atoms with E-state index in [1.54, 1.807) is 0 Å². The number of hydrogen-bond donors (Lipinski definition) is 1. The first-order valence-corrected chi connectivity index (χ1v) is 4.65. The van der Waals surface area contributed by atoms with Gasteiger partial charge in [-0.2, -0.15) is 0 Å². The fourth-order valence-electron chi connectivity index (χ4n) is 0.930. The van der Waals surface area contributed by atoms with Crippen molar-refractivity contribution in [3.05, 3.63) is 29.1 Å². The van der Waals surface area contributed by atoms with Crippen LogP contribution in [0.2, 0.25) is 0 Å². The monoisotopic (exact) mass is 208 g/mol. The standard InChI is InChI=1S/C8H7F3OS/c1-13-8-5(9)2-4(3-12)6(10)7(8)11/h2,12H,3H2,1H3. The molecule has 0 bridgehead atoms. The topological polar surface area (TPSA) is 20.2 Å². The predicted molar refractivity (Wildman–Crippen MR) is 44.0 cm³/mol. The van der Waals surface area contributed by atoms with Gasteiger partial charge < -0.3 is 5.11 Å². The zero-order valence-electron chi connectivity index (χ0n) is 6.77. The highest BCUT2D eigenvalue weighted by Gasteiger charge is 2.17. The van der Waals surface area contributed by atoms with Crippen molar-refractivity contribution < 1.29 is 18.3 Å². The Balaban J connectivity index is 3.37. The minimum atomic E-state index is -1.24. The number of halogens is 3. The lowest BCUT2D eigenvalue weighted by atomic mass is 10.2. The number of rotatable bonds is 2. The maximum Gasteiger partial charge on any atom is 0.175 e. The lowest BCUT2D eigenvalue weighted by Crippen LogP contribution is -1.99. The summed E-state index contributed by atoms with van der Waals surface area (Å²) in [5.41, 5.74) is -0.368. The number of aliphatic hydroxyl groups is 1. The van der Waals surface area contributed by atoms with E-state index in [2.05, 4.69) is 0 Å². The summed E-state index contributed by atoms with van der Waals surface area (Å²) >= 11 is 0.784. The first kappa shape index (κ1) is 10.4. The van der Waals surface area contributed by atoms with Crippen molar-refractivity contribution in [1.29, 1.82) is 0 Å². The van der Waals surface area contributed by atoms with Crippen LogP contribution in [-0.2, 0) is 6.61 Å². The molecule has 0 atom stereocenters. The van der Waals surface area contributed by atoms with Crippen molar-refractivity contribution in [2.24, 2.45) is 0 Å². The lowest BCUT2D eigenvalue weighted by Gasteiger charge is -2.05. The highest BCUT2D eigenvalue weighted by molar-refractivity contribution is 7.98. The van der Waals surface area contributed by atoms with Gasteiger partial charge in [-0.15, -0.1) is 11.8 Å². The third-order valence-corrected chi connectivity index (χ3v) is 2.35. The maximum absolute atomic E-state index is 13.0. The SMILES string of the molecule is CSc1c(F)cc(CO)c(F)c1F. The lowest BCUT2D eigenvalue weighted by molar-refractivity contribution is 0.271. The Morgan fingerprint density at radius 3 is 2.38 bits per heavy atom. The molecule has 1 rings (SSSR count). The summed E-state index contributed by atoms with van der Waals surface area (Å²) in [6, 6.07) is 0.796. The van der Waals surface area contributed by atoms with Crippen LogP contribution in [0.3, 0.4) is 0 Å². The van der Waals surface area contributed by atoms with Gasteiger partial charge in [0.1, 0.15) is 5.82 Å². The van der Waals surface area contributed by atoms with Gasteiger partial charge in [0.2, 0.25) is 0 Å². The molecule has 13 heavy (non-hydrogen) atoms. The van der Waals surface area contributed by atoms with E-state index in [1.165, 1.54) is 6.26 Å². The fraction of sp³-hybridized carbons (Fsp3) is 0.250. The van der Waals surface area contributed by atoms with Crippen LogP contribution in [-0.4, -0.2) is 11.4 Å². The molecule has 0 heterocycles. The van der Waals surface area contributed by atoms with Crippen molar-refractivity contribution in [3.8, 4) is 0 Å². The molecule has 0 amide bonds. The van der Waals surface area contributed by atoms with Gasteiger partial charge in [0.05, 0.1) is 11.5 Å². The first-order chi connectivity index (χ1) is 6.11. The van der Waals surface area contributed by atoms with E-state index in [4.69, 9.17) is 5.11 Å². The first-order valence-electron chi connectivity index (χ1n) is 3.43. The molecule has 72 valence electrons. The molecule has 0 saturated carbocycles. The van der Waals surface area contributed by atoms with Crippen LogP contribution < -0.4 is 0 Å². The maximum atomic E-state index is 13.0. The van der Waals surface area contributed by atoms with Gasteiger partial charge in [-0.3, -0.25) is 0 Å². The zero-order valence-corrected chi connectivity index (χ0v) is 7.59. The summed E-state index contributed by atoms with van der Waals surface area (Å²) in [7, 11) is 0. The van der Waals surface area contributed by atoms with Gasteiger partial charge >= 0.3 is 0 Å². The third kappa shape index (κ3) is 1.81. The number of hydrogen-bond acceptors (Lipinski definition) is 2. The van der Waals surface area contributed by atoms with E-state index >= 15 is 0 Å². The average molecular weight is 208 g/mol. The van der Waals surface area contributed by atoms with E-state index in [0.29, 0.717) is 0 Å². The van der Waals surface area contributed by atoms with E-state index in [9.17, 15) is 13.2 Å². The number of benzene rings is 1. The molecule has 0 spiro atoms. The minimum Gasteiger partial charge on any atom is -0.392 e. The van der Waals surface area contributed by atoms with Crippen molar-refractivity contribution in [2.45, 2.75) is 11.5 Å². The molecule has 0 unspecified atom stereocenters. The van der Waals surface area contributed by atoms with Crippen LogP contribution >= 0.6 is 11.8 Å². The second-order valence-corrected chi connectivity index (χ2v) is 3.15. The normalized spacial score (nSPS) is 10.5. The second-order valence-electron chi connectivity index (χ2n) is 2.34. The van der Waals surface area contributed by atoms with Crippen LogP contribution in [0, 0.1) is 17.5 Å². The molecule has 0 fully saturated rings. The Labute approximate surface area is 77.6 Å². The fourth-order valence-corrected chi connectivity index (χ4v) is 1.45. The largest absolute Gasteiger partial charge is 0.392 e. The summed E-state index contributed by atoms with van der Waals surface area (Å²) in [6.07, 6.45) is 1.44. The Bertz CT molecular complexity index is 328. The Morgan fingerprint density at radius 1 is 1.31 bits per heavy atom. The predicted octanol–water partition coefficient (Wildman–Crippen LogP) is 2.32. The molecule has 0 aliphatic carbocycles. The molecule has 5 heteroatoms. The minimum absolute atomic E-state index is 0.366. The number of thioether (sulfide) groups is 1. The molecule has 0 radical (unpaired) electrons. The Hall–Kier alpha value is -0.680. The molecule has 1 N–H and O–H groups in total.